The lowest BCUT2D eigenvalue weighted by Crippen LogP contribution is -2.32. The first-order valence-corrected chi connectivity index (χ1v) is 8.67. The maximum Gasteiger partial charge on any atom is 0.144 e. The zero-order valence-electron chi connectivity index (χ0n) is 16.4. The molecule has 0 aliphatic heterocycles. The van der Waals surface area contributed by atoms with Crippen LogP contribution in [0.5, 0.6) is 0 Å². The van der Waals surface area contributed by atoms with E-state index in [0.29, 0.717) is 17.4 Å². The van der Waals surface area contributed by atoms with Crippen LogP contribution in [-0.4, -0.2) is 17.8 Å². The Morgan fingerprint density at radius 3 is 2.14 bits per heavy atom. The molecule has 0 aliphatic rings. The lowest BCUT2D eigenvalue weighted by molar-refractivity contribution is -0.120. The number of benzene rings is 2. The van der Waals surface area contributed by atoms with Gasteiger partial charge in [0.2, 0.25) is 0 Å². The molecule has 0 heterocycles. The molecule has 0 saturated carbocycles. The maximum atomic E-state index is 13.3. The van der Waals surface area contributed by atoms with Gasteiger partial charge in [-0.1, -0.05) is 55.1 Å². The maximum absolute atomic E-state index is 13.3. The van der Waals surface area contributed by atoms with Crippen molar-refractivity contribution >= 4 is 23.4 Å². The minimum Gasteiger partial charge on any atom is -0.388 e. The van der Waals surface area contributed by atoms with Gasteiger partial charge in [0.1, 0.15) is 11.6 Å². The summed E-state index contributed by atoms with van der Waals surface area (Å²) in [6.45, 7) is 8.84. The number of halogens is 1. The van der Waals surface area contributed by atoms with Gasteiger partial charge in [-0.25, -0.2) is 4.39 Å². The topological polar surface area (TPSA) is 90.8 Å². The van der Waals surface area contributed by atoms with E-state index in [1.807, 2.05) is 61.5 Å². The predicted molar refractivity (Wildman–Crippen MR) is 115 cm³/mol. The summed E-state index contributed by atoms with van der Waals surface area (Å²) in [5.74, 6) is -0.472. The fourth-order valence-corrected chi connectivity index (χ4v) is 2.67. The summed E-state index contributed by atoms with van der Waals surface area (Å²) in [5, 5.41) is 13.2. The van der Waals surface area contributed by atoms with Crippen LogP contribution in [0.2, 0.25) is 0 Å². The first-order chi connectivity index (χ1) is 13.1. The Bertz CT molecular complexity index is 899. The molecular formula is C23H26FN3O. The third-order valence-electron chi connectivity index (χ3n) is 4.32. The summed E-state index contributed by atoms with van der Waals surface area (Å²) in [4.78, 5) is 12.4. The molecule has 28 heavy (non-hydrogen) atoms. The van der Waals surface area contributed by atoms with Gasteiger partial charge in [-0.3, -0.25) is 10.2 Å². The van der Waals surface area contributed by atoms with Gasteiger partial charge in [0, 0.05) is 0 Å². The van der Waals surface area contributed by atoms with Crippen molar-refractivity contribution in [2.45, 2.75) is 26.2 Å². The molecule has 0 aliphatic carbocycles. The van der Waals surface area contributed by atoms with Crippen molar-refractivity contribution < 1.29 is 9.18 Å². The molecule has 146 valence electrons. The Labute approximate surface area is 165 Å². The van der Waals surface area contributed by atoms with E-state index in [0.717, 1.165) is 11.1 Å². The number of carbonyl (C=O) groups is 1. The molecule has 5 heteroatoms. The number of carbonyl (C=O) groups excluding carboxylic acids is 1. The van der Waals surface area contributed by atoms with E-state index in [1.165, 1.54) is 13.0 Å². The summed E-state index contributed by atoms with van der Waals surface area (Å²) >= 11 is 0. The summed E-state index contributed by atoms with van der Waals surface area (Å²) in [6, 6.07) is 17.0. The number of hydrogen-bond donors (Lipinski definition) is 3. The highest BCUT2D eigenvalue weighted by Gasteiger charge is 2.34. The number of nitrogens with two attached hydrogens (primary N) is 1. The number of rotatable bonds is 6. The van der Waals surface area contributed by atoms with Crippen LogP contribution in [-0.2, 0) is 10.2 Å². The van der Waals surface area contributed by atoms with Crippen LogP contribution in [0.3, 0.4) is 0 Å². The minimum absolute atomic E-state index is 0.0256. The Hall–Kier alpha value is -3.34. The molecule has 0 aromatic heterocycles. The SMILES string of the molecule is C=C(/C=C(/F)C=N)c1cccc(C(C)(C(C)=O)c2ccccc2)c1.CC(=N)N. The summed E-state index contributed by atoms with van der Waals surface area (Å²) in [5.41, 5.74) is 6.80. The molecule has 0 amide bonds. The van der Waals surface area contributed by atoms with Crippen molar-refractivity contribution in [3.8, 4) is 0 Å². The molecule has 0 radical (unpaired) electrons. The van der Waals surface area contributed by atoms with E-state index in [1.54, 1.807) is 6.92 Å². The van der Waals surface area contributed by atoms with Gasteiger partial charge >= 0.3 is 0 Å². The van der Waals surface area contributed by atoms with Crippen molar-refractivity contribution in [2.24, 2.45) is 5.73 Å². The van der Waals surface area contributed by atoms with Crippen LogP contribution < -0.4 is 5.73 Å². The van der Waals surface area contributed by atoms with Gasteiger partial charge in [-0.05, 0) is 55.2 Å². The number of hydrogen-bond acceptors (Lipinski definition) is 3. The number of amidine groups is 1. The summed E-state index contributed by atoms with van der Waals surface area (Å²) < 4.78 is 13.3. The standard InChI is InChI=1S/C21H20FNO.C2H6N2/c1-15(12-20(22)14-23)17-8-7-11-19(13-17)21(3,16(2)24)18-9-5-4-6-10-18;1-2(3)4/h4-14,23H,1H2,2-3H3;1H3,(H3,3,4)/b20-12+,23-14?;. The number of nitrogens with one attached hydrogen (secondary N) is 2. The van der Waals surface area contributed by atoms with Crippen molar-refractivity contribution in [1.29, 1.82) is 10.8 Å². The van der Waals surface area contributed by atoms with E-state index in [2.05, 4.69) is 6.58 Å². The molecular weight excluding hydrogens is 353 g/mol. The van der Waals surface area contributed by atoms with Crippen LogP contribution >= 0.6 is 0 Å². The molecule has 1 unspecified atom stereocenters. The van der Waals surface area contributed by atoms with Crippen LogP contribution in [0.25, 0.3) is 5.57 Å². The van der Waals surface area contributed by atoms with Gasteiger partial charge in [0.05, 0.1) is 17.5 Å². The molecule has 0 bridgehead atoms. The van der Waals surface area contributed by atoms with E-state index in [4.69, 9.17) is 16.6 Å². The van der Waals surface area contributed by atoms with Gasteiger partial charge in [-0.2, -0.15) is 0 Å². The van der Waals surface area contributed by atoms with Crippen LogP contribution in [0.1, 0.15) is 37.5 Å². The average molecular weight is 379 g/mol. The number of allylic oxidation sites excluding steroid dienone is 3. The van der Waals surface area contributed by atoms with Gasteiger partial charge in [0.15, 0.2) is 0 Å². The Kier molecular flexibility index (Phi) is 8.20. The summed E-state index contributed by atoms with van der Waals surface area (Å²) in [6.07, 6.45) is 1.85. The second kappa shape index (κ2) is 10.1. The van der Waals surface area contributed by atoms with Crippen molar-refractivity contribution in [3.05, 3.63) is 89.8 Å². The first-order valence-electron chi connectivity index (χ1n) is 8.67. The monoisotopic (exact) mass is 379 g/mol. The molecule has 2 rings (SSSR count). The molecule has 4 N–H and O–H groups in total. The molecule has 2 aromatic carbocycles. The number of ketones is 1. The van der Waals surface area contributed by atoms with Crippen molar-refractivity contribution in [2.75, 3.05) is 0 Å². The van der Waals surface area contributed by atoms with E-state index in [9.17, 15) is 9.18 Å². The second-order valence-corrected chi connectivity index (χ2v) is 6.51. The fraction of sp³-hybridized carbons (Fsp3) is 0.174. The highest BCUT2D eigenvalue weighted by Crippen LogP contribution is 2.34. The smallest absolute Gasteiger partial charge is 0.144 e. The lowest BCUT2D eigenvalue weighted by Gasteiger charge is -2.28. The molecule has 1 atom stereocenters. The first kappa shape index (κ1) is 22.7. The normalized spacial score (nSPS) is 12.8. The zero-order valence-corrected chi connectivity index (χ0v) is 16.4. The Balaban J connectivity index is 0.000000892. The molecule has 0 fully saturated rings. The van der Waals surface area contributed by atoms with Crippen LogP contribution in [0, 0.1) is 10.8 Å². The van der Waals surface area contributed by atoms with Crippen LogP contribution in [0.4, 0.5) is 4.39 Å². The second-order valence-electron chi connectivity index (χ2n) is 6.51. The lowest BCUT2D eigenvalue weighted by atomic mass is 9.73. The zero-order chi connectivity index (χ0) is 21.3. The average Bonchev–Trinajstić information content (AvgIpc) is 2.67. The highest BCUT2D eigenvalue weighted by molar-refractivity contribution is 5.92. The molecule has 2 aromatic rings. The van der Waals surface area contributed by atoms with Crippen molar-refractivity contribution in [1.82, 2.24) is 0 Å². The fourth-order valence-electron chi connectivity index (χ4n) is 2.67. The Morgan fingerprint density at radius 2 is 1.64 bits per heavy atom. The van der Waals surface area contributed by atoms with Gasteiger partial charge in [-0.15, -0.1) is 0 Å². The van der Waals surface area contributed by atoms with Gasteiger partial charge < -0.3 is 11.1 Å². The molecule has 0 saturated heterocycles. The number of Topliss-reactive ketones (excluding diaryl/α,β-unsaturated/α-hetero) is 1. The van der Waals surface area contributed by atoms with E-state index in [-0.39, 0.29) is 11.6 Å². The highest BCUT2D eigenvalue weighted by atomic mass is 19.1. The molecule has 0 spiro atoms. The van der Waals surface area contributed by atoms with E-state index >= 15 is 0 Å². The molecule has 4 nitrogen and oxygen atoms in total. The van der Waals surface area contributed by atoms with Gasteiger partial charge in [0.25, 0.3) is 0 Å². The van der Waals surface area contributed by atoms with E-state index < -0.39 is 11.2 Å². The summed E-state index contributed by atoms with van der Waals surface area (Å²) in [7, 11) is 0. The quantitative estimate of drug-likeness (QED) is 0.373. The largest absolute Gasteiger partial charge is 0.388 e. The third-order valence-corrected chi connectivity index (χ3v) is 4.32. The third kappa shape index (κ3) is 5.84. The van der Waals surface area contributed by atoms with Crippen molar-refractivity contribution in [3.63, 3.8) is 0 Å². The van der Waals surface area contributed by atoms with Crippen LogP contribution in [0.15, 0.2) is 73.1 Å². The predicted octanol–water partition coefficient (Wildman–Crippen LogP) is 5.04. The minimum atomic E-state index is -0.790. The Morgan fingerprint density at radius 1 is 1.11 bits per heavy atom.